The molecular formula is C14H22N2O3S. The SMILES string of the molecule is Cc1nc(CC(=O)NC(C)CCCC(C)C(=O)O)cs1. The van der Waals surface area contributed by atoms with Gasteiger partial charge in [-0.3, -0.25) is 9.59 Å². The molecular weight excluding hydrogens is 276 g/mol. The van der Waals surface area contributed by atoms with Crippen LogP contribution in [0.3, 0.4) is 0 Å². The molecule has 0 aliphatic rings. The van der Waals surface area contributed by atoms with Crippen LogP contribution in [0.4, 0.5) is 0 Å². The Kier molecular flexibility index (Phi) is 6.64. The van der Waals surface area contributed by atoms with E-state index in [4.69, 9.17) is 5.11 Å². The third kappa shape index (κ3) is 6.14. The maximum absolute atomic E-state index is 11.8. The lowest BCUT2D eigenvalue weighted by molar-refractivity contribution is -0.141. The Morgan fingerprint density at radius 2 is 2.10 bits per heavy atom. The number of thiazole rings is 1. The summed E-state index contributed by atoms with van der Waals surface area (Å²) in [4.78, 5) is 26.7. The lowest BCUT2D eigenvalue weighted by atomic mass is 10.0. The van der Waals surface area contributed by atoms with Crippen molar-refractivity contribution in [3.05, 3.63) is 16.1 Å². The molecule has 0 fully saturated rings. The lowest BCUT2D eigenvalue weighted by Gasteiger charge is -2.14. The summed E-state index contributed by atoms with van der Waals surface area (Å²) in [5.41, 5.74) is 0.802. The smallest absolute Gasteiger partial charge is 0.306 e. The van der Waals surface area contributed by atoms with Crippen molar-refractivity contribution < 1.29 is 14.7 Å². The number of aliphatic carboxylic acids is 1. The van der Waals surface area contributed by atoms with Crippen molar-refractivity contribution in [1.29, 1.82) is 0 Å². The number of carbonyl (C=O) groups is 2. The fraction of sp³-hybridized carbons (Fsp3) is 0.643. The Bertz CT molecular complexity index is 459. The van der Waals surface area contributed by atoms with E-state index >= 15 is 0 Å². The van der Waals surface area contributed by atoms with Crippen molar-refractivity contribution in [2.24, 2.45) is 5.92 Å². The van der Waals surface area contributed by atoms with Gasteiger partial charge >= 0.3 is 5.97 Å². The van der Waals surface area contributed by atoms with E-state index in [1.807, 2.05) is 19.2 Å². The molecule has 0 saturated carbocycles. The molecule has 0 saturated heterocycles. The van der Waals surface area contributed by atoms with Crippen molar-refractivity contribution in [3.8, 4) is 0 Å². The number of hydrogen-bond donors (Lipinski definition) is 2. The van der Waals surface area contributed by atoms with Gasteiger partial charge in [0.05, 0.1) is 23.0 Å². The summed E-state index contributed by atoms with van der Waals surface area (Å²) in [5, 5.41) is 14.6. The fourth-order valence-corrected chi connectivity index (χ4v) is 2.52. The van der Waals surface area contributed by atoms with Crippen molar-refractivity contribution in [2.75, 3.05) is 0 Å². The molecule has 1 aromatic rings. The van der Waals surface area contributed by atoms with Crippen LogP contribution in [0.15, 0.2) is 5.38 Å². The Hall–Kier alpha value is -1.43. The number of rotatable bonds is 8. The Labute approximate surface area is 123 Å². The highest BCUT2D eigenvalue weighted by Crippen LogP contribution is 2.11. The molecule has 1 amide bonds. The number of hydrogen-bond acceptors (Lipinski definition) is 4. The minimum absolute atomic E-state index is 0.0333. The predicted octanol–water partition coefficient (Wildman–Crippen LogP) is 2.39. The molecule has 112 valence electrons. The van der Waals surface area contributed by atoms with Gasteiger partial charge in [-0.2, -0.15) is 0 Å². The quantitative estimate of drug-likeness (QED) is 0.772. The molecule has 0 bridgehead atoms. The van der Waals surface area contributed by atoms with E-state index in [2.05, 4.69) is 10.3 Å². The molecule has 1 rings (SSSR count). The topological polar surface area (TPSA) is 79.3 Å². The van der Waals surface area contributed by atoms with Crippen LogP contribution in [0.25, 0.3) is 0 Å². The zero-order valence-corrected chi connectivity index (χ0v) is 13.0. The maximum atomic E-state index is 11.8. The van der Waals surface area contributed by atoms with E-state index in [1.165, 1.54) is 11.3 Å². The summed E-state index contributed by atoms with van der Waals surface area (Å²) < 4.78 is 0. The Morgan fingerprint density at radius 3 is 2.65 bits per heavy atom. The summed E-state index contributed by atoms with van der Waals surface area (Å²) in [5.74, 6) is -1.12. The molecule has 1 aromatic heterocycles. The standard InChI is InChI=1S/C14H22N2O3S/c1-9(14(18)19)5-4-6-10(2)15-13(17)7-12-8-20-11(3)16-12/h8-10H,4-7H2,1-3H3,(H,15,17)(H,18,19). The molecule has 0 radical (unpaired) electrons. The zero-order chi connectivity index (χ0) is 15.1. The molecule has 0 aliphatic heterocycles. The number of aromatic nitrogens is 1. The van der Waals surface area contributed by atoms with Gasteiger partial charge in [0.2, 0.25) is 5.91 Å². The van der Waals surface area contributed by atoms with Gasteiger partial charge in [-0.05, 0) is 26.7 Å². The van der Waals surface area contributed by atoms with Crippen molar-refractivity contribution in [1.82, 2.24) is 10.3 Å². The lowest BCUT2D eigenvalue weighted by Crippen LogP contribution is -2.33. The molecule has 5 nitrogen and oxygen atoms in total. The molecule has 1 heterocycles. The summed E-state index contributed by atoms with van der Waals surface area (Å²) in [6.07, 6.45) is 2.53. The highest BCUT2D eigenvalue weighted by molar-refractivity contribution is 7.09. The van der Waals surface area contributed by atoms with Crippen LogP contribution in [0.2, 0.25) is 0 Å². The Balaban J connectivity index is 2.23. The highest BCUT2D eigenvalue weighted by Gasteiger charge is 2.13. The zero-order valence-electron chi connectivity index (χ0n) is 12.2. The van der Waals surface area contributed by atoms with Crippen molar-refractivity contribution in [3.63, 3.8) is 0 Å². The van der Waals surface area contributed by atoms with Crippen LogP contribution in [0.5, 0.6) is 0 Å². The van der Waals surface area contributed by atoms with E-state index in [-0.39, 0.29) is 17.9 Å². The number of carboxylic acid groups (broad SMARTS) is 1. The van der Waals surface area contributed by atoms with Crippen LogP contribution in [-0.4, -0.2) is 28.0 Å². The van der Waals surface area contributed by atoms with E-state index < -0.39 is 5.97 Å². The van der Waals surface area contributed by atoms with Gasteiger partial charge in [-0.25, -0.2) is 4.98 Å². The van der Waals surface area contributed by atoms with Crippen molar-refractivity contribution >= 4 is 23.2 Å². The molecule has 0 aliphatic carbocycles. The first kappa shape index (κ1) is 16.6. The molecule has 6 heteroatoms. The van der Waals surface area contributed by atoms with Gasteiger partial charge in [0, 0.05) is 11.4 Å². The average molecular weight is 298 g/mol. The minimum Gasteiger partial charge on any atom is -0.481 e. The minimum atomic E-state index is -0.763. The third-order valence-electron chi connectivity index (χ3n) is 3.11. The summed E-state index contributed by atoms with van der Waals surface area (Å²) in [6, 6.07) is 0.0585. The van der Waals surface area contributed by atoms with Crippen molar-refractivity contribution in [2.45, 2.75) is 52.5 Å². The number of aryl methyl sites for hydroxylation is 1. The second-order valence-corrected chi connectivity index (χ2v) is 6.24. The molecule has 2 N–H and O–H groups in total. The van der Waals surface area contributed by atoms with E-state index in [9.17, 15) is 9.59 Å². The average Bonchev–Trinajstić information content (AvgIpc) is 2.73. The number of carboxylic acids is 1. The largest absolute Gasteiger partial charge is 0.481 e. The van der Waals surface area contributed by atoms with Gasteiger partial charge in [0.15, 0.2) is 0 Å². The second-order valence-electron chi connectivity index (χ2n) is 5.17. The second kappa shape index (κ2) is 7.99. The number of carbonyl (C=O) groups excluding carboxylic acids is 1. The third-order valence-corrected chi connectivity index (χ3v) is 3.93. The highest BCUT2D eigenvalue weighted by atomic mass is 32.1. The van der Waals surface area contributed by atoms with Gasteiger partial charge < -0.3 is 10.4 Å². The summed E-state index contributed by atoms with van der Waals surface area (Å²) in [7, 11) is 0. The summed E-state index contributed by atoms with van der Waals surface area (Å²) >= 11 is 1.54. The monoisotopic (exact) mass is 298 g/mol. The summed E-state index contributed by atoms with van der Waals surface area (Å²) in [6.45, 7) is 5.56. The molecule has 2 unspecified atom stereocenters. The van der Waals surface area contributed by atoms with Crippen LogP contribution in [0.1, 0.15) is 43.8 Å². The normalized spacial score (nSPS) is 13.8. The van der Waals surface area contributed by atoms with E-state index in [1.54, 1.807) is 6.92 Å². The van der Waals surface area contributed by atoms with Gasteiger partial charge in [0.1, 0.15) is 0 Å². The maximum Gasteiger partial charge on any atom is 0.306 e. The van der Waals surface area contributed by atoms with Crippen LogP contribution in [0, 0.1) is 12.8 Å². The molecule has 0 aromatic carbocycles. The molecule has 2 atom stereocenters. The first-order valence-corrected chi connectivity index (χ1v) is 7.69. The molecule has 20 heavy (non-hydrogen) atoms. The number of nitrogens with zero attached hydrogens (tertiary/aromatic N) is 1. The Morgan fingerprint density at radius 1 is 1.40 bits per heavy atom. The van der Waals surface area contributed by atoms with Crippen LogP contribution in [-0.2, 0) is 16.0 Å². The predicted molar refractivity (Wildman–Crippen MR) is 78.8 cm³/mol. The van der Waals surface area contributed by atoms with E-state index in [0.717, 1.165) is 23.5 Å². The van der Waals surface area contributed by atoms with Gasteiger partial charge in [0.25, 0.3) is 0 Å². The number of nitrogens with one attached hydrogen (secondary N) is 1. The van der Waals surface area contributed by atoms with Crippen LogP contribution < -0.4 is 5.32 Å². The van der Waals surface area contributed by atoms with Gasteiger partial charge in [-0.15, -0.1) is 11.3 Å². The fourth-order valence-electron chi connectivity index (χ4n) is 1.91. The molecule has 0 spiro atoms. The van der Waals surface area contributed by atoms with Crippen LogP contribution >= 0.6 is 11.3 Å². The van der Waals surface area contributed by atoms with Gasteiger partial charge in [-0.1, -0.05) is 13.3 Å². The first-order chi connectivity index (χ1) is 9.38. The number of amides is 1. The van der Waals surface area contributed by atoms with E-state index in [0.29, 0.717) is 12.8 Å². The first-order valence-electron chi connectivity index (χ1n) is 6.81.